The van der Waals surface area contributed by atoms with Gasteiger partial charge in [0.2, 0.25) is 0 Å². The highest BCUT2D eigenvalue weighted by atomic mass is 19.4. The van der Waals surface area contributed by atoms with Gasteiger partial charge in [0, 0.05) is 24.6 Å². The first-order chi connectivity index (χ1) is 9.29. The number of carbonyl (C=O) groups is 1. The Morgan fingerprint density at radius 3 is 2.40 bits per heavy atom. The first kappa shape index (κ1) is 14.8. The Bertz CT molecular complexity index is 482. The average Bonchev–Trinajstić information content (AvgIpc) is 2.86. The van der Waals surface area contributed by atoms with Crippen LogP contribution in [0.25, 0.3) is 0 Å². The highest BCUT2D eigenvalue weighted by Gasteiger charge is 2.32. The van der Waals surface area contributed by atoms with Crippen LogP contribution < -0.4 is 0 Å². The van der Waals surface area contributed by atoms with Gasteiger partial charge in [0.1, 0.15) is 0 Å². The maximum atomic E-state index is 12.4. The third-order valence-corrected chi connectivity index (χ3v) is 3.65. The van der Waals surface area contributed by atoms with E-state index in [1.165, 1.54) is 12.1 Å². The van der Waals surface area contributed by atoms with Gasteiger partial charge in [0.15, 0.2) is 0 Å². The molecule has 1 N–H and O–H groups in total. The van der Waals surface area contributed by atoms with Crippen molar-refractivity contribution in [3.63, 3.8) is 0 Å². The molecule has 1 aliphatic heterocycles. The van der Waals surface area contributed by atoms with Gasteiger partial charge in [-0.1, -0.05) is 0 Å². The fourth-order valence-corrected chi connectivity index (χ4v) is 2.35. The number of hydrogen-bond donors (Lipinski definition) is 1. The Hall–Kier alpha value is -1.56. The number of amides is 1. The molecule has 2 unspecified atom stereocenters. The second-order valence-electron chi connectivity index (χ2n) is 5.12. The van der Waals surface area contributed by atoms with Crippen molar-refractivity contribution in [1.82, 2.24) is 4.90 Å². The summed E-state index contributed by atoms with van der Waals surface area (Å²) >= 11 is 0. The first-order valence-electron chi connectivity index (χ1n) is 6.43. The molecule has 1 amide bonds. The average molecular weight is 287 g/mol. The standard InChI is InChI=1S/C14H16F3NO2/c1-9(19)11-6-7-18(8-11)13(20)10-2-4-12(5-3-10)14(15,16)17/h2-5,9,11,19H,6-8H2,1H3. The highest BCUT2D eigenvalue weighted by Crippen LogP contribution is 2.29. The number of carbonyl (C=O) groups excluding carboxylic acids is 1. The summed E-state index contributed by atoms with van der Waals surface area (Å²) in [6.07, 6.45) is -4.17. The number of halogens is 3. The molecule has 0 bridgehead atoms. The van der Waals surface area contributed by atoms with E-state index in [4.69, 9.17) is 0 Å². The van der Waals surface area contributed by atoms with Gasteiger partial charge in [-0.3, -0.25) is 4.79 Å². The van der Waals surface area contributed by atoms with Crippen molar-refractivity contribution in [3.8, 4) is 0 Å². The third-order valence-electron chi connectivity index (χ3n) is 3.65. The summed E-state index contributed by atoms with van der Waals surface area (Å²) in [5.74, 6) is -0.254. The molecule has 0 saturated carbocycles. The number of aliphatic hydroxyl groups excluding tert-OH is 1. The topological polar surface area (TPSA) is 40.5 Å². The molecular formula is C14H16F3NO2. The Balaban J connectivity index is 2.07. The molecule has 1 aromatic carbocycles. The summed E-state index contributed by atoms with van der Waals surface area (Å²) in [7, 11) is 0. The van der Waals surface area contributed by atoms with Crippen LogP contribution in [0.1, 0.15) is 29.3 Å². The third kappa shape index (κ3) is 3.12. The van der Waals surface area contributed by atoms with Gasteiger partial charge in [-0.15, -0.1) is 0 Å². The van der Waals surface area contributed by atoms with Gasteiger partial charge in [-0.2, -0.15) is 13.2 Å². The van der Waals surface area contributed by atoms with Crippen LogP contribution in [-0.4, -0.2) is 35.1 Å². The van der Waals surface area contributed by atoms with Crippen LogP contribution in [0.4, 0.5) is 13.2 Å². The number of hydrogen-bond acceptors (Lipinski definition) is 2. The molecule has 1 heterocycles. The van der Waals surface area contributed by atoms with Crippen LogP contribution >= 0.6 is 0 Å². The lowest BCUT2D eigenvalue weighted by Crippen LogP contribution is -2.30. The summed E-state index contributed by atoms with van der Waals surface area (Å²) in [4.78, 5) is 13.7. The zero-order valence-corrected chi connectivity index (χ0v) is 11.0. The quantitative estimate of drug-likeness (QED) is 0.908. The van der Waals surface area contributed by atoms with E-state index in [0.717, 1.165) is 12.1 Å². The summed E-state index contributed by atoms with van der Waals surface area (Å²) < 4.78 is 37.3. The van der Waals surface area contributed by atoms with Crippen molar-refractivity contribution < 1.29 is 23.1 Å². The van der Waals surface area contributed by atoms with Crippen molar-refractivity contribution in [2.45, 2.75) is 25.6 Å². The van der Waals surface area contributed by atoms with Crippen molar-refractivity contribution >= 4 is 5.91 Å². The van der Waals surface area contributed by atoms with E-state index in [1.807, 2.05) is 0 Å². The minimum absolute atomic E-state index is 0.0356. The molecule has 0 aromatic heterocycles. The zero-order valence-electron chi connectivity index (χ0n) is 11.0. The molecular weight excluding hydrogens is 271 g/mol. The fraction of sp³-hybridized carbons (Fsp3) is 0.500. The molecule has 3 nitrogen and oxygen atoms in total. The number of alkyl halides is 3. The van der Waals surface area contributed by atoms with Crippen molar-refractivity contribution in [3.05, 3.63) is 35.4 Å². The lowest BCUT2D eigenvalue weighted by molar-refractivity contribution is -0.137. The summed E-state index contributed by atoms with van der Waals surface area (Å²) in [6.45, 7) is 2.64. The van der Waals surface area contributed by atoms with E-state index in [9.17, 15) is 23.1 Å². The predicted octanol–water partition coefficient (Wildman–Crippen LogP) is 2.55. The van der Waals surface area contributed by atoms with E-state index in [2.05, 4.69) is 0 Å². The lowest BCUT2D eigenvalue weighted by atomic mass is 10.0. The predicted molar refractivity (Wildman–Crippen MR) is 67.1 cm³/mol. The zero-order chi connectivity index (χ0) is 14.9. The highest BCUT2D eigenvalue weighted by molar-refractivity contribution is 5.94. The molecule has 1 fully saturated rings. The minimum Gasteiger partial charge on any atom is -0.393 e. The summed E-state index contributed by atoms with van der Waals surface area (Å²) in [5, 5.41) is 9.49. The van der Waals surface area contributed by atoms with E-state index >= 15 is 0 Å². The minimum atomic E-state index is -4.40. The molecule has 0 aliphatic carbocycles. The van der Waals surface area contributed by atoms with Crippen LogP contribution in [0.5, 0.6) is 0 Å². The largest absolute Gasteiger partial charge is 0.416 e. The number of rotatable bonds is 2. The van der Waals surface area contributed by atoms with Crippen LogP contribution in [0.15, 0.2) is 24.3 Å². The molecule has 1 aliphatic rings. The normalized spacial score (nSPS) is 21.1. The molecule has 0 spiro atoms. The van der Waals surface area contributed by atoms with E-state index in [0.29, 0.717) is 19.5 Å². The molecule has 6 heteroatoms. The van der Waals surface area contributed by atoms with Gasteiger partial charge in [-0.25, -0.2) is 0 Å². The molecule has 2 atom stereocenters. The second-order valence-corrected chi connectivity index (χ2v) is 5.12. The number of benzene rings is 1. The number of aliphatic hydroxyl groups is 1. The van der Waals surface area contributed by atoms with Gasteiger partial charge >= 0.3 is 6.18 Å². The Kier molecular flexibility index (Phi) is 4.04. The smallest absolute Gasteiger partial charge is 0.393 e. The van der Waals surface area contributed by atoms with Crippen molar-refractivity contribution in [2.75, 3.05) is 13.1 Å². The summed E-state index contributed by atoms with van der Waals surface area (Å²) in [5.41, 5.74) is -0.526. The van der Waals surface area contributed by atoms with Gasteiger partial charge in [0.25, 0.3) is 5.91 Å². The molecule has 0 radical (unpaired) electrons. The van der Waals surface area contributed by atoms with Crippen molar-refractivity contribution in [2.24, 2.45) is 5.92 Å². The molecule has 110 valence electrons. The first-order valence-corrected chi connectivity index (χ1v) is 6.43. The lowest BCUT2D eigenvalue weighted by Gasteiger charge is -2.18. The molecule has 2 rings (SSSR count). The summed E-state index contributed by atoms with van der Waals surface area (Å²) in [6, 6.07) is 4.21. The van der Waals surface area contributed by atoms with Gasteiger partial charge < -0.3 is 10.0 Å². The maximum Gasteiger partial charge on any atom is 0.416 e. The van der Waals surface area contributed by atoms with E-state index < -0.39 is 17.8 Å². The van der Waals surface area contributed by atoms with Crippen LogP contribution in [-0.2, 0) is 6.18 Å². The van der Waals surface area contributed by atoms with Crippen LogP contribution in [0.3, 0.4) is 0 Å². The maximum absolute atomic E-state index is 12.4. The SMILES string of the molecule is CC(O)C1CCN(C(=O)c2ccc(C(F)(F)F)cc2)C1. The van der Waals surface area contributed by atoms with Gasteiger partial charge in [-0.05, 0) is 37.6 Å². The molecule has 20 heavy (non-hydrogen) atoms. The fourth-order valence-electron chi connectivity index (χ4n) is 2.35. The van der Waals surface area contributed by atoms with Crippen LogP contribution in [0.2, 0.25) is 0 Å². The Morgan fingerprint density at radius 2 is 1.95 bits per heavy atom. The van der Waals surface area contributed by atoms with Gasteiger partial charge in [0.05, 0.1) is 11.7 Å². The Labute approximate surface area is 115 Å². The number of nitrogens with zero attached hydrogens (tertiary/aromatic N) is 1. The van der Waals surface area contributed by atoms with E-state index in [-0.39, 0.29) is 17.4 Å². The monoisotopic (exact) mass is 287 g/mol. The molecule has 1 aromatic rings. The Morgan fingerprint density at radius 1 is 1.35 bits per heavy atom. The van der Waals surface area contributed by atoms with Crippen LogP contribution in [0, 0.1) is 5.92 Å². The second kappa shape index (κ2) is 5.44. The number of likely N-dealkylation sites (tertiary alicyclic amines) is 1. The van der Waals surface area contributed by atoms with E-state index in [1.54, 1.807) is 11.8 Å². The molecule has 1 saturated heterocycles. The van der Waals surface area contributed by atoms with Crippen molar-refractivity contribution in [1.29, 1.82) is 0 Å².